The molecule has 118 valence electrons. The monoisotopic (exact) mass is 303 g/mol. The van der Waals surface area contributed by atoms with Crippen molar-refractivity contribution in [3.8, 4) is 11.5 Å². The highest BCUT2D eigenvalue weighted by Gasteiger charge is 2.11. The van der Waals surface area contributed by atoms with Crippen LogP contribution < -0.4 is 14.8 Å². The molecule has 0 amide bonds. The highest BCUT2D eigenvalue weighted by Crippen LogP contribution is 2.31. The van der Waals surface area contributed by atoms with Crippen molar-refractivity contribution in [3.05, 3.63) is 59.4 Å². The molecule has 2 rings (SSSR count). The molecule has 0 aliphatic rings. The van der Waals surface area contributed by atoms with Crippen LogP contribution in [0.4, 0.5) is 4.39 Å². The normalized spacial score (nSPS) is 10.8. The number of benzene rings is 2. The summed E-state index contributed by atoms with van der Waals surface area (Å²) in [4.78, 5) is 0. The molecule has 0 unspecified atom stereocenters. The first-order valence-electron chi connectivity index (χ1n) is 7.38. The quantitative estimate of drug-likeness (QED) is 0.841. The zero-order valence-corrected chi connectivity index (χ0v) is 13.2. The Hall–Kier alpha value is -2.07. The van der Waals surface area contributed by atoms with E-state index in [0.29, 0.717) is 13.1 Å². The highest BCUT2D eigenvalue weighted by atomic mass is 19.1. The minimum Gasteiger partial charge on any atom is -0.493 e. The van der Waals surface area contributed by atoms with E-state index in [0.717, 1.165) is 22.6 Å². The summed E-state index contributed by atoms with van der Waals surface area (Å²) in [7, 11) is 1.64. The number of nitrogens with one attached hydrogen (secondary N) is 1. The molecule has 4 heteroatoms. The number of rotatable bonds is 7. The van der Waals surface area contributed by atoms with E-state index in [1.54, 1.807) is 19.2 Å². The maximum atomic E-state index is 12.9. The third-order valence-electron chi connectivity index (χ3n) is 3.19. The van der Waals surface area contributed by atoms with Gasteiger partial charge in [0.25, 0.3) is 0 Å². The molecule has 22 heavy (non-hydrogen) atoms. The summed E-state index contributed by atoms with van der Waals surface area (Å²) in [6, 6.07) is 12.3. The number of hydrogen-bond donors (Lipinski definition) is 1. The van der Waals surface area contributed by atoms with Gasteiger partial charge < -0.3 is 14.8 Å². The lowest BCUT2D eigenvalue weighted by atomic mass is 10.1. The fourth-order valence-corrected chi connectivity index (χ4v) is 2.17. The van der Waals surface area contributed by atoms with Crippen LogP contribution in [0.2, 0.25) is 0 Å². The van der Waals surface area contributed by atoms with Crippen molar-refractivity contribution in [2.75, 3.05) is 7.11 Å². The molecule has 3 nitrogen and oxygen atoms in total. The van der Waals surface area contributed by atoms with Gasteiger partial charge in [-0.3, -0.25) is 0 Å². The number of ether oxygens (including phenoxy) is 2. The largest absolute Gasteiger partial charge is 0.493 e. The van der Waals surface area contributed by atoms with Gasteiger partial charge in [-0.15, -0.1) is 0 Å². The summed E-state index contributed by atoms with van der Waals surface area (Å²) in [5.74, 6) is 1.28. The average molecular weight is 303 g/mol. The van der Waals surface area contributed by atoms with E-state index in [-0.39, 0.29) is 11.9 Å². The van der Waals surface area contributed by atoms with Crippen molar-refractivity contribution in [1.29, 1.82) is 0 Å². The Kier molecular flexibility index (Phi) is 5.78. The summed E-state index contributed by atoms with van der Waals surface area (Å²) >= 11 is 0. The summed E-state index contributed by atoms with van der Waals surface area (Å²) < 4.78 is 24.1. The van der Waals surface area contributed by atoms with Crippen LogP contribution in [0.3, 0.4) is 0 Å². The third kappa shape index (κ3) is 4.46. The summed E-state index contributed by atoms with van der Waals surface area (Å²) in [6.07, 6.45) is 0.0761. The van der Waals surface area contributed by atoms with Gasteiger partial charge in [-0.25, -0.2) is 4.39 Å². The standard InChI is InChI=1S/C18H22FNO2/c1-13(2)22-18-15(5-4-6-17(18)21-3)12-20-11-14-7-9-16(19)10-8-14/h4-10,13,20H,11-12H2,1-3H3. The van der Waals surface area contributed by atoms with Crippen LogP contribution in [0, 0.1) is 5.82 Å². The smallest absolute Gasteiger partial charge is 0.166 e. The first-order valence-corrected chi connectivity index (χ1v) is 7.38. The Morgan fingerprint density at radius 1 is 1.05 bits per heavy atom. The second-order valence-corrected chi connectivity index (χ2v) is 5.35. The topological polar surface area (TPSA) is 30.5 Å². The zero-order chi connectivity index (χ0) is 15.9. The van der Waals surface area contributed by atoms with Gasteiger partial charge >= 0.3 is 0 Å². The Labute approximate surface area is 131 Å². The van der Waals surface area contributed by atoms with Gasteiger partial charge in [-0.05, 0) is 37.6 Å². The molecule has 2 aromatic carbocycles. The molecule has 0 heterocycles. The van der Waals surface area contributed by atoms with Crippen LogP contribution in [0.25, 0.3) is 0 Å². The number of methoxy groups -OCH3 is 1. The van der Waals surface area contributed by atoms with Crippen molar-refractivity contribution in [2.45, 2.75) is 33.0 Å². The molecule has 0 atom stereocenters. The van der Waals surface area contributed by atoms with Crippen molar-refractivity contribution < 1.29 is 13.9 Å². The number of para-hydroxylation sites is 1. The molecule has 1 N–H and O–H groups in total. The van der Waals surface area contributed by atoms with E-state index in [2.05, 4.69) is 5.32 Å². The summed E-state index contributed by atoms with van der Waals surface area (Å²) in [6.45, 7) is 5.29. The van der Waals surface area contributed by atoms with E-state index in [1.165, 1.54) is 12.1 Å². The van der Waals surface area contributed by atoms with E-state index in [1.807, 2.05) is 32.0 Å². The molecule has 0 saturated carbocycles. The minimum absolute atomic E-state index is 0.0761. The molecule has 2 aromatic rings. The van der Waals surface area contributed by atoms with Gasteiger partial charge in [0.2, 0.25) is 0 Å². The highest BCUT2D eigenvalue weighted by molar-refractivity contribution is 5.46. The van der Waals surface area contributed by atoms with E-state index in [4.69, 9.17) is 9.47 Å². The van der Waals surface area contributed by atoms with Gasteiger partial charge in [0.15, 0.2) is 11.5 Å². The molecular weight excluding hydrogens is 281 g/mol. The Morgan fingerprint density at radius 3 is 2.41 bits per heavy atom. The van der Waals surface area contributed by atoms with Crippen LogP contribution in [-0.2, 0) is 13.1 Å². The van der Waals surface area contributed by atoms with Crippen LogP contribution in [0.15, 0.2) is 42.5 Å². The first-order chi connectivity index (χ1) is 10.6. The molecule has 0 spiro atoms. The van der Waals surface area contributed by atoms with E-state index in [9.17, 15) is 4.39 Å². The van der Waals surface area contributed by atoms with Crippen LogP contribution in [-0.4, -0.2) is 13.2 Å². The van der Waals surface area contributed by atoms with Gasteiger partial charge in [0, 0.05) is 18.7 Å². The fraction of sp³-hybridized carbons (Fsp3) is 0.333. The van der Waals surface area contributed by atoms with E-state index < -0.39 is 0 Å². The zero-order valence-electron chi connectivity index (χ0n) is 13.2. The summed E-state index contributed by atoms with van der Waals surface area (Å²) in [5, 5.41) is 3.34. The lowest BCUT2D eigenvalue weighted by Crippen LogP contribution is -2.15. The maximum Gasteiger partial charge on any atom is 0.166 e. The Morgan fingerprint density at radius 2 is 1.77 bits per heavy atom. The van der Waals surface area contributed by atoms with E-state index >= 15 is 0 Å². The summed E-state index contributed by atoms with van der Waals surface area (Å²) in [5.41, 5.74) is 2.07. The van der Waals surface area contributed by atoms with Crippen LogP contribution in [0.1, 0.15) is 25.0 Å². The number of halogens is 1. The van der Waals surface area contributed by atoms with Gasteiger partial charge in [0.05, 0.1) is 13.2 Å². The molecule has 0 aliphatic carbocycles. The lowest BCUT2D eigenvalue weighted by molar-refractivity contribution is 0.227. The molecular formula is C18H22FNO2. The van der Waals surface area contributed by atoms with Gasteiger partial charge in [0.1, 0.15) is 5.82 Å². The second-order valence-electron chi connectivity index (χ2n) is 5.35. The van der Waals surface area contributed by atoms with Crippen LogP contribution in [0.5, 0.6) is 11.5 Å². The number of hydrogen-bond acceptors (Lipinski definition) is 3. The SMILES string of the molecule is COc1cccc(CNCc2ccc(F)cc2)c1OC(C)C. The molecule has 0 aliphatic heterocycles. The minimum atomic E-state index is -0.218. The van der Waals surface area contributed by atoms with Crippen molar-refractivity contribution >= 4 is 0 Å². The second kappa shape index (κ2) is 7.80. The van der Waals surface area contributed by atoms with Crippen molar-refractivity contribution in [1.82, 2.24) is 5.32 Å². The lowest BCUT2D eigenvalue weighted by Gasteiger charge is -2.17. The van der Waals surface area contributed by atoms with Crippen molar-refractivity contribution in [3.63, 3.8) is 0 Å². The van der Waals surface area contributed by atoms with Gasteiger partial charge in [-0.2, -0.15) is 0 Å². The fourth-order valence-electron chi connectivity index (χ4n) is 2.17. The first kappa shape index (κ1) is 16.3. The maximum absolute atomic E-state index is 12.9. The van der Waals surface area contributed by atoms with Gasteiger partial charge in [-0.1, -0.05) is 24.3 Å². The molecule has 0 saturated heterocycles. The average Bonchev–Trinajstić information content (AvgIpc) is 2.50. The third-order valence-corrected chi connectivity index (χ3v) is 3.19. The molecule has 0 radical (unpaired) electrons. The predicted octanol–water partition coefficient (Wildman–Crippen LogP) is 3.91. The molecule has 0 fully saturated rings. The molecule has 0 bridgehead atoms. The Bertz CT molecular complexity index is 597. The van der Waals surface area contributed by atoms with Crippen molar-refractivity contribution in [2.24, 2.45) is 0 Å². The van der Waals surface area contributed by atoms with Crippen LogP contribution >= 0.6 is 0 Å². The predicted molar refractivity (Wildman–Crippen MR) is 85.7 cm³/mol. The molecule has 0 aromatic heterocycles. The Balaban J connectivity index is 2.03.